The summed E-state index contributed by atoms with van der Waals surface area (Å²) in [6, 6.07) is 15.9. The van der Waals surface area contributed by atoms with E-state index in [2.05, 4.69) is 25.7 Å². The number of amides is 2. The van der Waals surface area contributed by atoms with Crippen LogP contribution in [0.2, 0.25) is 0 Å². The molecule has 0 aliphatic rings. The average Bonchev–Trinajstić information content (AvgIpc) is 3.40. The van der Waals surface area contributed by atoms with E-state index in [4.69, 9.17) is 14.2 Å². The van der Waals surface area contributed by atoms with Crippen molar-refractivity contribution < 1.29 is 32.2 Å². The van der Waals surface area contributed by atoms with E-state index in [0.717, 1.165) is 10.7 Å². The minimum absolute atomic E-state index is 0.0633. The predicted molar refractivity (Wildman–Crippen MR) is 159 cm³/mol. The normalized spacial score (nSPS) is 11.7. The second kappa shape index (κ2) is 11.7. The molecule has 0 bridgehead atoms. The van der Waals surface area contributed by atoms with E-state index in [1.54, 1.807) is 42.5 Å². The molecule has 5 rings (SSSR count). The Bertz CT molecular complexity index is 1830. The number of rotatable bonds is 7. The lowest BCUT2D eigenvalue weighted by molar-refractivity contribution is -0.137. The number of nitrogens with one attached hydrogen (secondary N) is 2. The number of para-hydroxylation sites is 1. The number of alkyl halides is 3. The maximum Gasteiger partial charge on any atom is 0.418 e. The number of hydrogen-bond donors (Lipinski definition) is 2. The molecule has 2 amide bonds. The van der Waals surface area contributed by atoms with E-state index in [9.17, 15) is 18.0 Å². The molecule has 2 heterocycles. The van der Waals surface area contributed by atoms with Gasteiger partial charge in [0.15, 0.2) is 11.5 Å². The van der Waals surface area contributed by atoms with Crippen molar-refractivity contribution in [2.45, 2.75) is 32.4 Å². The molecule has 5 aromatic rings. The van der Waals surface area contributed by atoms with Gasteiger partial charge in [0.1, 0.15) is 17.9 Å². The Morgan fingerprint density at radius 2 is 1.59 bits per heavy atom. The van der Waals surface area contributed by atoms with Crippen molar-refractivity contribution in [3.63, 3.8) is 0 Å². The average molecular weight is 607 g/mol. The van der Waals surface area contributed by atoms with E-state index >= 15 is 0 Å². The Morgan fingerprint density at radius 1 is 0.864 bits per heavy atom. The Hall–Kier alpha value is -5.33. The first-order valence-corrected chi connectivity index (χ1v) is 13.4. The van der Waals surface area contributed by atoms with Gasteiger partial charge >= 0.3 is 12.2 Å². The van der Waals surface area contributed by atoms with E-state index in [1.165, 1.54) is 38.7 Å². The molecule has 3 aromatic carbocycles. The van der Waals surface area contributed by atoms with Crippen molar-refractivity contribution in [3.05, 3.63) is 84.3 Å². The van der Waals surface area contributed by atoms with Crippen LogP contribution < -0.4 is 24.8 Å². The number of hydrogen-bond acceptors (Lipinski definition) is 7. The van der Waals surface area contributed by atoms with Crippen LogP contribution in [0.1, 0.15) is 32.0 Å². The van der Waals surface area contributed by atoms with Crippen LogP contribution in [0.3, 0.4) is 0 Å². The SMILES string of the molecule is COc1cc2ncnc(Oc3cccc(NC(=O)Nc4cc(C(C)(C)C)nn4-c4ccccc4C(F)(F)F)c3)c2cc1OC. The smallest absolute Gasteiger partial charge is 0.418 e. The predicted octanol–water partition coefficient (Wildman–Crippen LogP) is 7.59. The first-order chi connectivity index (χ1) is 20.9. The van der Waals surface area contributed by atoms with Crippen LogP contribution in [0.25, 0.3) is 16.6 Å². The molecule has 0 saturated carbocycles. The van der Waals surface area contributed by atoms with Crippen LogP contribution in [-0.2, 0) is 11.6 Å². The molecule has 0 fully saturated rings. The number of methoxy groups -OCH3 is 2. The zero-order chi connectivity index (χ0) is 31.6. The van der Waals surface area contributed by atoms with Gasteiger partial charge in [-0.25, -0.2) is 19.4 Å². The lowest BCUT2D eigenvalue weighted by Crippen LogP contribution is -2.22. The molecule has 13 heteroatoms. The van der Waals surface area contributed by atoms with Crippen molar-refractivity contribution >= 4 is 28.4 Å². The number of fused-ring (bicyclic) bond motifs is 1. The molecular weight excluding hydrogens is 577 g/mol. The standard InChI is InChI=1S/C31H29F3N6O4/c1-30(2,3)26-16-27(40(39-26)23-12-7-6-11-21(23)31(32,33)34)38-29(41)37-18-9-8-10-19(13-18)44-28-20-14-24(42-4)25(43-5)15-22(20)35-17-36-28/h6-17H,1-5H3,(H2,37,38,41). The molecule has 2 N–H and O–H groups in total. The van der Waals surface area contributed by atoms with E-state index < -0.39 is 23.2 Å². The zero-order valence-corrected chi connectivity index (χ0v) is 24.5. The van der Waals surface area contributed by atoms with Crippen molar-refractivity contribution in [2.24, 2.45) is 0 Å². The maximum absolute atomic E-state index is 13.8. The first kappa shape index (κ1) is 30.1. The summed E-state index contributed by atoms with van der Waals surface area (Å²) in [5.41, 5.74) is -0.184. The van der Waals surface area contributed by atoms with Crippen molar-refractivity contribution in [3.8, 4) is 28.8 Å². The van der Waals surface area contributed by atoms with Gasteiger partial charge in [-0.15, -0.1) is 0 Å². The highest BCUT2D eigenvalue weighted by atomic mass is 19.4. The number of nitrogens with zero attached hydrogens (tertiary/aromatic N) is 4. The van der Waals surface area contributed by atoms with E-state index in [0.29, 0.717) is 39.5 Å². The van der Waals surface area contributed by atoms with E-state index in [-0.39, 0.29) is 17.4 Å². The highest BCUT2D eigenvalue weighted by Crippen LogP contribution is 2.37. The Morgan fingerprint density at radius 3 is 2.30 bits per heavy atom. The summed E-state index contributed by atoms with van der Waals surface area (Å²) in [7, 11) is 3.04. The molecule has 0 aliphatic carbocycles. The summed E-state index contributed by atoms with van der Waals surface area (Å²) in [6.45, 7) is 5.62. The lowest BCUT2D eigenvalue weighted by Gasteiger charge is -2.16. The molecule has 0 saturated heterocycles. The molecule has 0 radical (unpaired) electrons. The molecule has 228 valence electrons. The maximum atomic E-state index is 13.8. The number of carbonyl (C=O) groups excluding carboxylic acids is 1. The quantitative estimate of drug-likeness (QED) is 0.196. The van der Waals surface area contributed by atoms with Gasteiger partial charge in [-0.05, 0) is 30.3 Å². The highest BCUT2D eigenvalue weighted by Gasteiger charge is 2.35. The van der Waals surface area contributed by atoms with Gasteiger partial charge in [-0.1, -0.05) is 39.0 Å². The molecule has 10 nitrogen and oxygen atoms in total. The minimum atomic E-state index is -4.63. The molecule has 0 atom stereocenters. The van der Waals surface area contributed by atoms with Crippen molar-refractivity contribution in [2.75, 3.05) is 24.9 Å². The van der Waals surface area contributed by atoms with Gasteiger partial charge in [0.05, 0.1) is 42.1 Å². The topological polar surface area (TPSA) is 112 Å². The third kappa shape index (κ3) is 6.36. The van der Waals surface area contributed by atoms with Crippen LogP contribution in [-0.4, -0.2) is 40.0 Å². The summed E-state index contributed by atoms with van der Waals surface area (Å²) in [5, 5.41) is 10.3. The highest BCUT2D eigenvalue weighted by molar-refractivity contribution is 5.99. The summed E-state index contributed by atoms with van der Waals surface area (Å²) in [6.07, 6.45) is -3.28. The number of anilines is 2. The van der Waals surface area contributed by atoms with Gasteiger partial charge in [0.2, 0.25) is 5.88 Å². The number of benzene rings is 3. The Balaban J connectivity index is 1.40. The summed E-state index contributed by atoms with van der Waals surface area (Å²) in [4.78, 5) is 21.6. The molecule has 0 spiro atoms. The number of aromatic nitrogens is 4. The summed E-state index contributed by atoms with van der Waals surface area (Å²) in [5.74, 6) is 1.64. The van der Waals surface area contributed by atoms with Crippen LogP contribution in [0.5, 0.6) is 23.1 Å². The molecule has 0 unspecified atom stereocenters. The largest absolute Gasteiger partial charge is 0.493 e. The lowest BCUT2D eigenvalue weighted by atomic mass is 9.92. The Kier molecular flexibility index (Phi) is 8.05. The fourth-order valence-corrected chi connectivity index (χ4v) is 4.39. The van der Waals surface area contributed by atoms with Gasteiger partial charge < -0.3 is 19.5 Å². The number of ether oxygens (including phenoxy) is 3. The Labute approximate surface area is 250 Å². The summed E-state index contributed by atoms with van der Waals surface area (Å²) >= 11 is 0. The second-order valence-electron chi connectivity index (χ2n) is 10.7. The third-order valence-corrected chi connectivity index (χ3v) is 6.57. The zero-order valence-electron chi connectivity index (χ0n) is 24.5. The van der Waals surface area contributed by atoms with Crippen LogP contribution in [0.4, 0.5) is 29.5 Å². The molecule has 0 aliphatic heterocycles. The van der Waals surface area contributed by atoms with Crippen LogP contribution in [0, 0.1) is 0 Å². The number of carbonyl (C=O) groups is 1. The summed E-state index contributed by atoms with van der Waals surface area (Å²) < 4.78 is 59.4. The van der Waals surface area contributed by atoms with Crippen molar-refractivity contribution in [1.82, 2.24) is 19.7 Å². The van der Waals surface area contributed by atoms with E-state index in [1.807, 2.05) is 20.8 Å². The minimum Gasteiger partial charge on any atom is -0.493 e. The van der Waals surface area contributed by atoms with Gasteiger partial charge in [-0.3, -0.25) is 5.32 Å². The fourth-order valence-electron chi connectivity index (χ4n) is 4.39. The van der Waals surface area contributed by atoms with Gasteiger partial charge in [0, 0.05) is 29.3 Å². The fraction of sp³-hybridized carbons (Fsp3) is 0.226. The molecule has 44 heavy (non-hydrogen) atoms. The molecule has 2 aromatic heterocycles. The number of urea groups is 1. The van der Waals surface area contributed by atoms with Crippen molar-refractivity contribution in [1.29, 1.82) is 0 Å². The van der Waals surface area contributed by atoms with Crippen LogP contribution >= 0.6 is 0 Å². The van der Waals surface area contributed by atoms with Gasteiger partial charge in [-0.2, -0.15) is 18.3 Å². The van der Waals surface area contributed by atoms with Crippen LogP contribution in [0.15, 0.2) is 73.1 Å². The first-order valence-electron chi connectivity index (χ1n) is 13.4. The van der Waals surface area contributed by atoms with Gasteiger partial charge in [0.25, 0.3) is 0 Å². The second-order valence-corrected chi connectivity index (χ2v) is 10.7. The molecular formula is C31H29F3N6O4. The monoisotopic (exact) mass is 606 g/mol. The third-order valence-electron chi connectivity index (χ3n) is 6.57. The number of halogens is 3.